The van der Waals surface area contributed by atoms with E-state index in [0.717, 1.165) is 53.4 Å². The van der Waals surface area contributed by atoms with Crippen molar-refractivity contribution in [3.63, 3.8) is 0 Å². The fourth-order valence-electron chi connectivity index (χ4n) is 4.32. The molecule has 1 fully saturated rings. The Morgan fingerprint density at radius 3 is 2.44 bits per heavy atom. The number of amides is 2. The SMILES string of the molecule is CN(C)C(=O)c1ccccc1CCCCn1cc(C(=O)N2CCOCC2)c2ccccc21. The summed E-state index contributed by atoms with van der Waals surface area (Å²) in [7, 11) is 3.57. The van der Waals surface area contributed by atoms with Crippen LogP contribution < -0.4 is 0 Å². The Bertz CT molecular complexity index is 1100. The van der Waals surface area contributed by atoms with Crippen LogP contribution in [0.3, 0.4) is 0 Å². The van der Waals surface area contributed by atoms with Gasteiger partial charge in [0.15, 0.2) is 0 Å². The number of rotatable bonds is 7. The lowest BCUT2D eigenvalue weighted by atomic mass is 10.0. The molecular weight excluding hydrogens is 402 g/mol. The molecule has 6 heteroatoms. The molecule has 1 saturated heterocycles. The smallest absolute Gasteiger partial charge is 0.256 e. The Kier molecular flexibility index (Phi) is 6.90. The molecule has 0 bridgehead atoms. The molecule has 168 valence electrons. The van der Waals surface area contributed by atoms with Crippen LogP contribution in [-0.4, -0.2) is 66.6 Å². The summed E-state index contributed by atoms with van der Waals surface area (Å²) in [5.74, 6) is 0.127. The van der Waals surface area contributed by atoms with Gasteiger partial charge in [0.25, 0.3) is 11.8 Å². The van der Waals surface area contributed by atoms with Crippen LogP contribution in [0.1, 0.15) is 39.1 Å². The van der Waals surface area contributed by atoms with Gasteiger partial charge >= 0.3 is 0 Å². The molecule has 0 N–H and O–H groups in total. The Labute approximate surface area is 189 Å². The molecule has 2 amide bonds. The van der Waals surface area contributed by atoms with Crippen molar-refractivity contribution in [2.45, 2.75) is 25.8 Å². The molecule has 1 aromatic heterocycles. The number of benzene rings is 2. The number of hydrogen-bond donors (Lipinski definition) is 0. The number of aryl methyl sites for hydroxylation is 2. The van der Waals surface area contributed by atoms with E-state index in [0.29, 0.717) is 26.3 Å². The first kappa shape index (κ1) is 22.1. The van der Waals surface area contributed by atoms with Gasteiger partial charge in [-0.25, -0.2) is 0 Å². The van der Waals surface area contributed by atoms with Crippen LogP contribution in [-0.2, 0) is 17.7 Å². The lowest BCUT2D eigenvalue weighted by molar-refractivity contribution is 0.0304. The van der Waals surface area contributed by atoms with Gasteiger partial charge < -0.3 is 19.1 Å². The summed E-state index contributed by atoms with van der Waals surface area (Å²) in [5.41, 5.74) is 3.73. The van der Waals surface area contributed by atoms with Crippen molar-refractivity contribution < 1.29 is 14.3 Å². The van der Waals surface area contributed by atoms with Crippen LogP contribution in [0, 0.1) is 0 Å². The Hall–Kier alpha value is -3.12. The summed E-state index contributed by atoms with van der Waals surface area (Å²) in [6, 6.07) is 16.0. The van der Waals surface area contributed by atoms with Crippen LogP contribution in [0.15, 0.2) is 54.7 Å². The predicted molar refractivity (Wildman–Crippen MR) is 126 cm³/mol. The number of carbonyl (C=O) groups excluding carboxylic acids is 2. The molecule has 1 aliphatic heterocycles. The van der Waals surface area contributed by atoms with E-state index in [9.17, 15) is 9.59 Å². The molecule has 4 rings (SSSR count). The quantitative estimate of drug-likeness (QED) is 0.532. The highest BCUT2D eigenvalue weighted by Crippen LogP contribution is 2.24. The highest BCUT2D eigenvalue weighted by Gasteiger charge is 2.22. The molecular formula is C26H31N3O3. The number of ether oxygens (including phenoxy) is 1. The Morgan fingerprint density at radius 2 is 1.66 bits per heavy atom. The third-order valence-electron chi connectivity index (χ3n) is 6.07. The average molecular weight is 434 g/mol. The molecule has 32 heavy (non-hydrogen) atoms. The summed E-state index contributed by atoms with van der Waals surface area (Å²) < 4.78 is 7.59. The van der Waals surface area contributed by atoms with Crippen molar-refractivity contribution in [3.8, 4) is 0 Å². The van der Waals surface area contributed by atoms with Crippen molar-refractivity contribution in [3.05, 3.63) is 71.4 Å². The maximum Gasteiger partial charge on any atom is 0.256 e. The molecule has 1 aliphatic rings. The van der Waals surface area contributed by atoms with Gasteiger partial charge in [-0.05, 0) is 37.0 Å². The van der Waals surface area contributed by atoms with E-state index in [-0.39, 0.29) is 11.8 Å². The predicted octanol–water partition coefficient (Wildman–Crippen LogP) is 3.84. The topological polar surface area (TPSA) is 54.8 Å². The number of nitrogens with zero attached hydrogens (tertiary/aromatic N) is 3. The second-order valence-electron chi connectivity index (χ2n) is 8.47. The second kappa shape index (κ2) is 10.0. The highest BCUT2D eigenvalue weighted by atomic mass is 16.5. The minimum atomic E-state index is 0.0447. The first-order valence-electron chi connectivity index (χ1n) is 11.3. The van der Waals surface area contributed by atoms with Crippen molar-refractivity contribution in [1.82, 2.24) is 14.4 Å². The van der Waals surface area contributed by atoms with E-state index in [1.165, 1.54) is 0 Å². The normalized spacial score (nSPS) is 14.0. The third kappa shape index (κ3) is 4.70. The van der Waals surface area contributed by atoms with Crippen molar-refractivity contribution >= 4 is 22.7 Å². The van der Waals surface area contributed by atoms with Crippen LogP contribution in [0.5, 0.6) is 0 Å². The maximum atomic E-state index is 13.1. The monoisotopic (exact) mass is 433 g/mol. The van der Waals surface area contributed by atoms with Crippen LogP contribution in [0.4, 0.5) is 0 Å². The number of aromatic nitrogens is 1. The molecule has 0 radical (unpaired) electrons. The van der Waals surface area contributed by atoms with E-state index < -0.39 is 0 Å². The summed E-state index contributed by atoms with van der Waals surface area (Å²) in [6.45, 7) is 3.32. The Morgan fingerprint density at radius 1 is 0.938 bits per heavy atom. The van der Waals surface area contributed by atoms with E-state index >= 15 is 0 Å². The zero-order valence-corrected chi connectivity index (χ0v) is 18.9. The van der Waals surface area contributed by atoms with Gasteiger partial charge in [0.1, 0.15) is 0 Å². The summed E-state index contributed by atoms with van der Waals surface area (Å²) in [5, 5.41) is 1.01. The highest BCUT2D eigenvalue weighted by molar-refractivity contribution is 6.07. The summed E-state index contributed by atoms with van der Waals surface area (Å²) in [6.07, 6.45) is 4.80. The van der Waals surface area contributed by atoms with Gasteiger partial charge in [-0.3, -0.25) is 9.59 Å². The van der Waals surface area contributed by atoms with Crippen molar-refractivity contribution in [1.29, 1.82) is 0 Å². The molecule has 0 aliphatic carbocycles. The molecule has 0 spiro atoms. The number of carbonyl (C=O) groups is 2. The maximum absolute atomic E-state index is 13.1. The molecule has 2 heterocycles. The zero-order valence-electron chi connectivity index (χ0n) is 18.9. The lowest BCUT2D eigenvalue weighted by Gasteiger charge is -2.26. The standard InChI is InChI=1S/C26H31N3O3/c1-27(2)25(30)21-11-4-3-9-20(21)10-7-8-14-29-19-23(22-12-5-6-13-24(22)29)26(31)28-15-17-32-18-16-28/h3-6,9,11-13,19H,7-8,10,14-18H2,1-2H3. The van der Waals surface area contributed by atoms with Gasteiger partial charge in [0.05, 0.1) is 18.8 Å². The zero-order chi connectivity index (χ0) is 22.5. The molecule has 0 saturated carbocycles. The third-order valence-corrected chi connectivity index (χ3v) is 6.07. The number of morpholine rings is 1. The largest absolute Gasteiger partial charge is 0.378 e. The van der Waals surface area contributed by atoms with Crippen LogP contribution in [0.25, 0.3) is 10.9 Å². The molecule has 0 unspecified atom stereocenters. The first-order chi connectivity index (χ1) is 15.6. The number of hydrogen-bond acceptors (Lipinski definition) is 3. The molecule has 6 nitrogen and oxygen atoms in total. The lowest BCUT2D eigenvalue weighted by Crippen LogP contribution is -2.40. The van der Waals surface area contributed by atoms with Gasteiger partial charge in [-0.2, -0.15) is 0 Å². The fourth-order valence-corrected chi connectivity index (χ4v) is 4.32. The van der Waals surface area contributed by atoms with Crippen LogP contribution in [0.2, 0.25) is 0 Å². The van der Waals surface area contributed by atoms with Gasteiger partial charge in [-0.15, -0.1) is 0 Å². The molecule has 0 atom stereocenters. The number of para-hydroxylation sites is 1. The minimum Gasteiger partial charge on any atom is -0.378 e. The second-order valence-corrected chi connectivity index (χ2v) is 8.47. The van der Waals surface area contributed by atoms with Crippen molar-refractivity contribution in [2.75, 3.05) is 40.4 Å². The minimum absolute atomic E-state index is 0.0447. The van der Waals surface area contributed by atoms with E-state index in [1.807, 2.05) is 53.6 Å². The number of fused-ring (bicyclic) bond motifs is 1. The Balaban J connectivity index is 1.45. The fraction of sp³-hybridized carbons (Fsp3) is 0.385. The van der Waals surface area contributed by atoms with Crippen LogP contribution >= 0.6 is 0 Å². The summed E-state index contributed by atoms with van der Waals surface area (Å²) in [4.78, 5) is 29.1. The van der Waals surface area contributed by atoms with Crippen molar-refractivity contribution in [2.24, 2.45) is 0 Å². The van der Waals surface area contributed by atoms with Gasteiger partial charge in [0.2, 0.25) is 0 Å². The molecule has 3 aromatic rings. The van der Waals surface area contributed by atoms with Gasteiger partial charge in [0, 0.05) is 56.4 Å². The first-order valence-corrected chi connectivity index (χ1v) is 11.3. The number of unbranched alkanes of at least 4 members (excludes halogenated alkanes) is 1. The van der Waals surface area contributed by atoms with E-state index in [2.05, 4.69) is 10.6 Å². The van der Waals surface area contributed by atoms with E-state index in [1.54, 1.807) is 19.0 Å². The summed E-state index contributed by atoms with van der Waals surface area (Å²) >= 11 is 0. The molecule has 2 aromatic carbocycles. The average Bonchev–Trinajstić information content (AvgIpc) is 3.20. The van der Waals surface area contributed by atoms with E-state index in [4.69, 9.17) is 4.74 Å². The van der Waals surface area contributed by atoms with Gasteiger partial charge in [-0.1, -0.05) is 36.4 Å².